The first kappa shape index (κ1) is 13.7. The van der Waals surface area contributed by atoms with Gasteiger partial charge in [0.1, 0.15) is 17.1 Å². The Balaban J connectivity index is 1.96. The number of carboxylic acid groups (broad SMARTS) is 1. The van der Waals surface area contributed by atoms with E-state index in [0.717, 1.165) is 0 Å². The summed E-state index contributed by atoms with van der Waals surface area (Å²) in [5.74, 6) is -0.489. The average Bonchev–Trinajstić information content (AvgIpc) is 2.93. The van der Waals surface area contributed by atoms with Gasteiger partial charge in [-0.2, -0.15) is 0 Å². The van der Waals surface area contributed by atoms with Crippen molar-refractivity contribution in [3.05, 3.63) is 35.0 Å². The number of aromatic nitrogens is 2. The van der Waals surface area contributed by atoms with E-state index in [1.165, 1.54) is 0 Å². The molecule has 0 atom stereocenters. The van der Waals surface area contributed by atoms with E-state index in [0.29, 0.717) is 17.1 Å². The second-order valence-corrected chi connectivity index (χ2v) is 4.28. The topological polar surface area (TPSA) is 120 Å². The molecule has 0 unspecified atom stereocenters. The highest BCUT2D eigenvalue weighted by Gasteiger charge is 2.15. The van der Waals surface area contributed by atoms with Gasteiger partial charge in [-0.1, -0.05) is 5.16 Å². The molecule has 20 heavy (non-hydrogen) atoms. The van der Waals surface area contributed by atoms with Gasteiger partial charge >= 0.3 is 12.0 Å². The van der Waals surface area contributed by atoms with Crippen LogP contribution in [0.2, 0.25) is 0 Å². The van der Waals surface area contributed by atoms with Crippen molar-refractivity contribution in [3.8, 4) is 0 Å². The normalized spacial score (nSPS) is 10.3. The number of anilines is 1. The fourth-order valence-electron chi connectivity index (χ4n) is 1.70. The highest BCUT2D eigenvalue weighted by atomic mass is 16.5. The second kappa shape index (κ2) is 5.47. The van der Waals surface area contributed by atoms with Crippen molar-refractivity contribution >= 4 is 17.7 Å². The number of carboxylic acids is 1. The molecule has 0 bridgehead atoms. The van der Waals surface area contributed by atoms with E-state index in [4.69, 9.17) is 9.63 Å². The van der Waals surface area contributed by atoms with Gasteiger partial charge < -0.3 is 25.2 Å². The number of carbonyl (C=O) groups excluding carboxylic acids is 1. The lowest BCUT2D eigenvalue weighted by atomic mass is 10.3. The molecule has 2 aromatic heterocycles. The number of aromatic amines is 1. The molecule has 0 radical (unpaired) electrons. The van der Waals surface area contributed by atoms with E-state index in [2.05, 4.69) is 20.8 Å². The van der Waals surface area contributed by atoms with Gasteiger partial charge in [0.25, 0.3) is 0 Å². The summed E-state index contributed by atoms with van der Waals surface area (Å²) in [4.78, 5) is 25.3. The molecule has 8 nitrogen and oxygen atoms in total. The summed E-state index contributed by atoms with van der Waals surface area (Å²) in [6.07, 6.45) is 0. The fraction of sp³-hybridized carbons (Fsp3) is 0.250. The van der Waals surface area contributed by atoms with Crippen molar-refractivity contribution in [2.45, 2.75) is 20.4 Å². The number of H-pyrrole nitrogens is 1. The smallest absolute Gasteiger partial charge is 0.354 e. The summed E-state index contributed by atoms with van der Waals surface area (Å²) in [5.41, 5.74) is 1.38. The van der Waals surface area contributed by atoms with Gasteiger partial charge in [0, 0.05) is 11.8 Å². The van der Waals surface area contributed by atoms with Gasteiger partial charge in [0.05, 0.1) is 12.2 Å². The molecular weight excluding hydrogens is 264 g/mol. The number of hydrogen-bond donors (Lipinski definition) is 4. The third kappa shape index (κ3) is 3.16. The molecule has 2 aromatic rings. The quantitative estimate of drug-likeness (QED) is 0.677. The molecule has 0 aliphatic carbocycles. The first-order valence-electron chi connectivity index (χ1n) is 5.85. The second-order valence-electron chi connectivity index (χ2n) is 4.28. The summed E-state index contributed by atoms with van der Waals surface area (Å²) >= 11 is 0. The third-order valence-corrected chi connectivity index (χ3v) is 2.52. The van der Waals surface area contributed by atoms with Gasteiger partial charge in [-0.25, -0.2) is 9.59 Å². The Bertz CT molecular complexity index is 644. The van der Waals surface area contributed by atoms with Crippen molar-refractivity contribution in [3.63, 3.8) is 0 Å². The SMILES string of the molecule is Cc1cc(NC(=O)NCc2cc(C)on2)c(C(=O)O)[nH]1. The highest BCUT2D eigenvalue weighted by molar-refractivity contribution is 5.99. The van der Waals surface area contributed by atoms with E-state index < -0.39 is 12.0 Å². The molecule has 0 fully saturated rings. The van der Waals surface area contributed by atoms with Crippen LogP contribution in [0.25, 0.3) is 0 Å². The van der Waals surface area contributed by atoms with Crippen LogP contribution in [-0.4, -0.2) is 27.2 Å². The van der Waals surface area contributed by atoms with E-state index in [1.54, 1.807) is 26.0 Å². The lowest BCUT2D eigenvalue weighted by molar-refractivity contribution is 0.0692. The van der Waals surface area contributed by atoms with Crippen LogP contribution in [0.15, 0.2) is 16.7 Å². The largest absolute Gasteiger partial charge is 0.477 e. The molecule has 0 aliphatic heterocycles. The first-order chi connectivity index (χ1) is 9.45. The zero-order chi connectivity index (χ0) is 14.7. The van der Waals surface area contributed by atoms with Crippen molar-refractivity contribution in [2.24, 2.45) is 0 Å². The van der Waals surface area contributed by atoms with Crippen molar-refractivity contribution in [2.75, 3.05) is 5.32 Å². The Labute approximate surface area is 114 Å². The molecule has 0 aromatic carbocycles. The predicted molar refractivity (Wildman–Crippen MR) is 69.6 cm³/mol. The number of carbonyl (C=O) groups is 2. The number of nitrogens with zero attached hydrogens (tertiary/aromatic N) is 1. The maximum Gasteiger partial charge on any atom is 0.354 e. The lowest BCUT2D eigenvalue weighted by Crippen LogP contribution is -2.28. The summed E-state index contributed by atoms with van der Waals surface area (Å²) in [5, 5.41) is 17.7. The molecular formula is C12H14N4O4. The molecule has 4 N–H and O–H groups in total. The minimum atomic E-state index is -1.14. The van der Waals surface area contributed by atoms with E-state index in [-0.39, 0.29) is 17.9 Å². The van der Waals surface area contributed by atoms with E-state index in [9.17, 15) is 9.59 Å². The molecule has 106 valence electrons. The summed E-state index contributed by atoms with van der Waals surface area (Å²) in [6.45, 7) is 3.64. The molecule has 2 heterocycles. The Kier molecular flexibility index (Phi) is 3.74. The van der Waals surface area contributed by atoms with Gasteiger partial charge in [0.2, 0.25) is 0 Å². The van der Waals surface area contributed by atoms with Crippen LogP contribution in [0, 0.1) is 13.8 Å². The minimum absolute atomic E-state index is 0.0602. The Morgan fingerprint density at radius 3 is 2.75 bits per heavy atom. The van der Waals surface area contributed by atoms with Crippen molar-refractivity contribution < 1.29 is 19.2 Å². The monoisotopic (exact) mass is 278 g/mol. The maximum atomic E-state index is 11.7. The van der Waals surface area contributed by atoms with Gasteiger partial charge in [-0.15, -0.1) is 0 Å². The van der Waals surface area contributed by atoms with Gasteiger partial charge in [-0.3, -0.25) is 0 Å². The van der Waals surface area contributed by atoms with Crippen LogP contribution < -0.4 is 10.6 Å². The Hall–Kier alpha value is -2.77. The standard InChI is InChI=1S/C12H14N4O4/c1-6-3-9(10(14-6)11(17)18)15-12(19)13-5-8-4-7(2)20-16-8/h3-4,14H,5H2,1-2H3,(H,17,18)(H2,13,15,19). The number of aryl methyl sites for hydroxylation is 2. The molecule has 0 aliphatic rings. The van der Waals surface area contributed by atoms with Crippen LogP contribution in [0.4, 0.5) is 10.5 Å². The molecule has 0 saturated carbocycles. The molecule has 0 spiro atoms. The van der Waals surface area contributed by atoms with Crippen molar-refractivity contribution in [1.29, 1.82) is 0 Å². The minimum Gasteiger partial charge on any atom is -0.477 e. The number of aromatic carboxylic acids is 1. The summed E-state index contributed by atoms with van der Waals surface area (Å²) in [7, 11) is 0. The number of hydrogen-bond acceptors (Lipinski definition) is 4. The highest BCUT2D eigenvalue weighted by Crippen LogP contribution is 2.16. The molecule has 0 saturated heterocycles. The number of nitrogens with one attached hydrogen (secondary N) is 3. The van der Waals surface area contributed by atoms with Crippen LogP contribution >= 0.6 is 0 Å². The van der Waals surface area contributed by atoms with Gasteiger partial charge in [-0.05, 0) is 19.9 Å². The van der Waals surface area contributed by atoms with Crippen LogP contribution in [0.1, 0.15) is 27.6 Å². The molecule has 2 rings (SSSR count). The molecule has 2 amide bonds. The van der Waals surface area contributed by atoms with Crippen LogP contribution in [-0.2, 0) is 6.54 Å². The Morgan fingerprint density at radius 2 is 2.15 bits per heavy atom. The fourth-order valence-corrected chi connectivity index (χ4v) is 1.70. The lowest BCUT2D eigenvalue weighted by Gasteiger charge is -2.05. The Morgan fingerprint density at radius 1 is 1.40 bits per heavy atom. The molecule has 8 heteroatoms. The summed E-state index contributed by atoms with van der Waals surface area (Å²) < 4.78 is 4.86. The first-order valence-corrected chi connectivity index (χ1v) is 5.85. The average molecular weight is 278 g/mol. The van der Waals surface area contributed by atoms with Gasteiger partial charge in [0.15, 0.2) is 0 Å². The summed E-state index contributed by atoms with van der Waals surface area (Å²) in [6, 6.07) is 2.72. The zero-order valence-corrected chi connectivity index (χ0v) is 11.0. The zero-order valence-electron chi connectivity index (χ0n) is 11.0. The van der Waals surface area contributed by atoms with Crippen LogP contribution in [0.5, 0.6) is 0 Å². The predicted octanol–water partition coefficient (Wildman–Crippen LogP) is 1.64. The number of amides is 2. The third-order valence-electron chi connectivity index (χ3n) is 2.52. The van der Waals surface area contributed by atoms with Crippen LogP contribution in [0.3, 0.4) is 0 Å². The van der Waals surface area contributed by atoms with Crippen molar-refractivity contribution in [1.82, 2.24) is 15.5 Å². The van der Waals surface area contributed by atoms with E-state index >= 15 is 0 Å². The number of urea groups is 1. The maximum absolute atomic E-state index is 11.7. The number of rotatable bonds is 4. The van der Waals surface area contributed by atoms with E-state index in [1.807, 2.05) is 0 Å².